The molecule has 0 aliphatic heterocycles. The zero-order chi connectivity index (χ0) is 20.1. The topological polar surface area (TPSA) is 120 Å². The van der Waals surface area contributed by atoms with Crippen LogP contribution in [0.15, 0.2) is 47.0 Å². The van der Waals surface area contributed by atoms with Crippen LogP contribution in [0.25, 0.3) is 11.4 Å². The molecule has 3 aromatic rings. The second-order valence-electron chi connectivity index (χ2n) is 5.71. The number of methoxy groups -OCH3 is 1. The normalized spacial score (nSPS) is 10.5. The van der Waals surface area contributed by atoms with Crippen LogP contribution in [0.2, 0.25) is 5.02 Å². The Balaban J connectivity index is 1.58. The Morgan fingerprint density at radius 1 is 1.29 bits per heavy atom. The summed E-state index contributed by atoms with van der Waals surface area (Å²) >= 11 is 5.75. The fraction of sp³-hybridized carbons (Fsp3) is 0.167. The first kappa shape index (κ1) is 19.3. The number of benzene rings is 2. The number of halogens is 1. The molecule has 144 valence electrons. The third-order valence-electron chi connectivity index (χ3n) is 3.81. The molecule has 0 fully saturated rings. The van der Waals surface area contributed by atoms with E-state index in [-0.39, 0.29) is 35.1 Å². The highest BCUT2D eigenvalue weighted by Gasteiger charge is 2.15. The SMILES string of the molecule is COc1ccc(-c2noc(CCC(=O)Nc3ccc(Cl)c([N+](=O)[O-])c3)n2)cc1. The molecule has 28 heavy (non-hydrogen) atoms. The summed E-state index contributed by atoms with van der Waals surface area (Å²) in [5.41, 5.74) is 0.764. The van der Waals surface area contributed by atoms with Crippen molar-refractivity contribution in [2.75, 3.05) is 12.4 Å². The van der Waals surface area contributed by atoms with E-state index in [2.05, 4.69) is 15.5 Å². The summed E-state index contributed by atoms with van der Waals surface area (Å²) in [6, 6.07) is 11.2. The van der Waals surface area contributed by atoms with Crippen LogP contribution in [0.5, 0.6) is 5.75 Å². The van der Waals surface area contributed by atoms with E-state index < -0.39 is 4.92 Å². The van der Waals surface area contributed by atoms with Crippen LogP contribution < -0.4 is 10.1 Å². The summed E-state index contributed by atoms with van der Waals surface area (Å²) in [5.74, 6) is 1.09. The molecule has 0 bridgehead atoms. The van der Waals surface area contributed by atoms with Crippen molar-refractivity contribution in [3.63, 3.8) is 0 Å². The molecule has 0 atom stereocenters. The van der Waals surface area contributed by atoms with E-state index in [1.165, 1.54) is 18.2 Å². The van der Waals surface area contributed by atoms with E-state index in [1.54, 1.807) is 31.4 Å². The largest absolute Gasteiger partial charge is 0.497 e. The van der Waals surface area contributed by atoms with Crippen LogP contribution in [0, 0.1) is 10.1 Å². The zero-order valence-electron chi connectivity index (χ0n) is 14.7. The number of hydrogen-bond acceptors (Lipinski definition) is 7. The van der Waals surface area contributed by atoms with Crippen molar-refractivity contribution in [3.8, 4) is 17.1 Å². The van der Waals surface area contributed by atoms with Gasteiger partial charge in [0.1, 0.15) is 10.8 Å². The highest BCUT2D eigenvalue weighted by Crippen LogP contribution is 2.27. The first-order chi connectivity index (χ1) is 13.5. The van der Waals surface area contributed by atoms with Crippen LogP contribution in [0.4, 0.5) is 11.4 Å². The average molecular weight is 403 g/mol. The summed E-state index contributed by atoms with van der Waals surface area (Å²) < 4.78 is 10.3. The number of carbonyl (C=O) groups is 1. The number of aromatic nitrogens is 2. The molecule has 0 aliphatic carbocycles. The molecule has 0 unspecified atom stereocenters. The number of rotatable bonds is 7. The lowest BCUT2D eigenvalue weighted by Crippen LogP contribution is -2.12. The van der Waals surface area contributed by atoms with Gasteiger partial charge >= 0.3 is 0 Å². The van der Waals surface area contributed by atoms with Gasteiger partial charge in [0.25, 0.3) is 5.69 Å². The Labute approximate surface area is 164 Å². The molecule has 1 amide bonds. The molecule has 1 N–H and O–H groups in total. The van der Waals surface area contributed by atoms with Crippen molar-refractivity contribution in [1.29, 1.82) is 0 Å². The summed E-state index contributed by atoms with van der Waals surface area (Å²) in [5, 5.41) is 17.4. The number of nitro benzene ring substituents is 1. The van der Waals surface area contributed by atoms with E-state index in [9.17, 15) is 14.9 Å². The number of carbonyl (C=O) groups excluding carboxylic acids is 1. The molecular formula is C18H15ClN4O5. The van der Waals surface area contributed by atoms with Crippen molar-refractivity contribution in [3.05, 3.63) is 63.5 Å². The Bertz CT molecular complexity index is 1000. The van der Waals surface area contributed by atoms with Gasteiger partial charge in [-0.15, -0.1) is 0 Å². The summed E-state index contributed by atoms with van der Waals surface area (Å²) in [4.78, 5) is 26.6. The molecular weight excluding hydrogens is 388 g/mol. The number of ether oxygens (including phenoxy) is 1. The van der Waals surface area contributed by atoms with Crippen LogP contribution in [0.3, 0.4) is 0 Å². The second kappa shape index (κ2) is 8.49. The Morgan fingerprint density at radius 3 is 2.71 bits per heavy atom. The number of aryl methyl sites for hydroxylation is 1. The van der Waals surface area contributed by atoms with Crippen molar-refractivity contribution < 1.29 is 19.0 Å². The van der Waals surface area contributed by atoms with Crippen LogP contribution in [-0.2, 0) is 11.2 Å². The van der Waals surface area contributed by atoms with Gasteiger partial charge in [-0.2, -0.15) is 4.98 Å². The lowest BCUT2D eigenvalue weighted by atomic mass is 10.2. The maximum Gasteiger partial charge on any atom is 0.289 e. The third-order valence-corrected chi connectivity index (χ3v) is 4.13. The molecule has 0 spiro atoms. The lowest BCUT2D eigenvalue weighted by molar-refractivity contribution is -0.384. The molecule has 10 heteroatoms. The van der Waals surface area contributed by atoms with Crippen molar-refractivity contribution in [1.82, 2.24) is 10.1 Å². The Morgan fingerprint density at radius 2 is 2.04 bits per heavy atom. The van der Waals surface area contributed by atoms with E-state index in [4.69, 9.17) is 20.9 Å². The van der Waals surface area contributed by atoms with Crippen LogP contribution in [0.1, 0.15) is 12.3 Å². The van der Waals surface area contributed by atoms with Gasteiger partial charge in [-0.3, -0.25) is 14.9 Å². The van der Waals surface area contributed by atoms with Gasteiger partial charge in [-0.25, -0.2) is 0 Å². The number of nitro groups is 1. The van der Waals surface area contributed by atoms with Gasteiger partial charge in [0.2, 0.25) is 17.6 Å². The van der Waals surface area contributed by atoms with Gasteiger partial charge in [0, 0.05) is 30.2 Å². The zero-order valence-corrected chi connectivity index (χ0v) is 15.5. The molecule has 0 radical (unpaired) electrons. The van der Waals surface area contributed by atoms with Crippen molar-refractivity contribution >= 4 is 28.9 Å². The van der Waals surface area contributed by atoms with Gasteiger partial charge in [-0.05, 0) is 36.4 Å². The number of anilines is 1. The van der Waals surface area contributed by atoms with E-state index in [0.29, 0.717) is 17.5 Å². The van der Waals surface area contributed by atoms with Crippen molar-refractivity contribution in [2.24, 2.45) is 0 Å². The number of nitrogens with zero attached hydrogens (tertiary/aromatic N) is 3. The highest BCUT2D eigenvalue weighted by molar-refractivity contribution is 6.32. The fourth-order valence-electron chi connectivity index (χ4n) is 2.39. The van der Waals surface area contributed by atoms with Gasteiger partial charge in [0.15, 0.2) is 0 Å². The molecule has 9 nitrogen and oxygen atoms in total. The average Bonchev–Trinajstić information content (AvgIpc) is 3.17. The monoisotopic (exact) mass is 402 g/mol. The lowest BCUT2D eigenvalue weighted by Gasteiger charge is -2.04. The smallest absolute Gasteiger partial charge is 0.289 e. The van der Waals surface area contributed by atoms with Crippen LogP contribution in [-0.4, -0.2) is 28.1 Å². The van der Waals surface area contributed by atoms with Crippen molar-refractivity contribution in [2.45, 2.75) is 12.8 Å². The molecule has 1 aromatic heterocycles. The summed E-state index contributed by atoms with van der Waals surface area (Å²) in [7, 11) is 1.58. The van der Waals surface area contributed by atoms with Crippen LogP contribution >= 0.6 is 11.6 Å². The maximum absolute atomic E-state index is 12.1. The molecule has 0 aliphatic rings. The minimum atomic E-state index is -0.614. The summed E-state index contributed by atoms with van der Waals surface area (Å²) in [6.45, 7) is 0. The Hall–Kier alpha value is -3.46. The molecule has 0 saturated carbocycles. The third kappa shape index (κ3) is 4.63. The van der Waals surface area contributed by atoms with E-state index in [0.717, 1.165) is 5.56 Å². The summed E-state index contributed by atoms with van der Waals surface area (Å²) in [6.07, 6.45) is 0.297. The first-order valence-corrected chi connectivity index (χ1v) is 8.55. The first-order valence-electron chi connectivity index (χ1n) is 8.17. The van der Waals surface area contributed by atoms with E-state index >= 15 is 0 Å². The van der Waals surface area contributed by atoms with E-state index in [1.807, 2.05) is 0 Å². The molecule has 3 rings (SSSR count). The quantitative estimate of drug-likeness (QED) is 0.470. The van der Waals surface area contributed by atoms with Gasteiger partial charge in [0.05, 0.1) is 12.0 Å². The minimum absolute atomic E-state index is 0.0000738. The predicted octanol–water partition coefficient (Wildman–Crippen LogP) is 3.88. The fourth-order valence-corrected chi connectivity index (χ4v) is 2.57. The second-order valence-corrected chi connectivity index (χ2v) is 6.12. The standard InChI is InChI=1S/C18H15ClN4O5/c1-27-13-5-2-11(3-6-13)18-21-17(28-22-18)9-8-16(24)20-12-4-7-14(19)15(10-12)23(25)26/h2-7,10H,8-9H2,1H3,(H,20,24). The highest BCUT2D eigenvalue weighted by atomic mass is 35.5. The molecule has 0 saturated heterocycles. The maximum atomic E-state index is 12.1. The molecule has 2 aromatic carbocycles. The molecule has 1 heterocycles. The Kier molecular flexibility index (Phi) is 5.85. The van der Waals surface area contributed by atoms with Gasteiger partial charge in [-0.1, -0.05) is 16.8 Å². The van der Waals surface area contributed by atoms with Gasteiger partial charge < -0.3 is 14.6 Å². The number of hydrogen-bond donors (Lipinski definition) is 1. The number of amides is 1. The minimum Gasteiger partial charge on any atom is -0.497 e. The predicted molar refractivity (Wildman–Crippen MR) is 101 cm³/mol. The number of nitrogens with one attached hydrogen (secondary N) is 1.